The Morgan fingerprint density at radius 1 is 1.17 bits per heavy atom. The van der Waals surface area contributed by atoms with E-state index in [2.05, 4.69) is 0 Å². The topological polar surface area (TPSA) is 124 Å². The molecule has 0 saturated carbocycles. The van der Waals surface area contributed by atoms with Gasteiger partial charge in [-0.05, 0) is 9.98 Å². The molecule has 1 aromatic rings. The van der Waals surface area contributed by atoms with Crippen molar-refractivity contribution in [3.05, 3.63) is 50.1 Å². The average Bonchev–Trinajstić information content (AvgIpc) is 2.28. The summed E-state index contributed by atoms with van der Waals surface area (Å²) in [5.41, 5.74) is 0.0491. The minimum atomic E-state index is -4.08. The number of sulfonamides is 1. The van der Waals surface area contributed by atoms with Crippen LogP contribution in [-0.4, -0.2) is 29.8 Å². The van der Waals surface area contributed by atoms with Gasteiger partial charge in [0.2, 0.25) is 0 Å². The molecule has 98 valence electrons. The smallest absolute Gasteiger partial charge is 0.258 e. The molecule has 0 amide bonds. The van der Waals surface area contributed by atoms with Crippen LogP contribution in [0.4, 0.5) is 5.69 Å². The lowest BCUT2D eigenvalue weighted by Gasteiger charge is -2.08. The summed E-state index contributed by atoms with van der Waals surface area (Å²) < 4.78 is 23.0. The zero-order chi connectivity index (χ0) is 13.9. The second-order valence-corrected chi connectivity index (χ2v) is 5.33. The number of non-ortho nitro benzene ring substituents is 1. The molecule has 0 bridgehead atoms. The fourth-order valence-electron chi connectivity index (χ4n) is 1.12. The molecule has 0 heterocycles. The number of hydrazine groups is 1. The Morgan fingerprint density at radius 2 is 1.67 bits per heavy atom. The van der Waals surface area contributed by atoms with E-state index in [1.54, 1.807) is 0 Å². The molecule has 0 radical (unpaired) electrons. The third-order valence-electron chi connectivity index (χ3n) is 2.13. The first kappa shape index (κ1) is 13.8. The molecule has 0 spiro atoms. The van der Waals surface area contributed by atoms with Crippen molar-refractivity contribution < 1.29 is 18.4 Å². The average molecular weight is 275 g/mol. The first-order valence-electron chi connectivity index (χ1n) is 4.58. The minimum Gasteiger partial charge on any atom is -0.258 e. The molecular weight excluding hydrogens is 266 g/mol. The normalized spacial score (nSPS) is 10.9. The van der Waals surface area contributed by atoms with Gasteiger partial charge >= 0.3 is 0 Å². The maximum absolute atomic E-state index is 11.5. The lowest BCUT2D eigenvalue weighted by molar-refractivity contribution is -0.613. The lowest BCUT2D eigenvalue weighted by Crippen LogP contribution is -2.33. The van der Waals surface area contributed by atoms with Gasteiger partial charge in [0, 0.05) is 12.1 Å². The summed E-state index contributed by atoms with van der Waals surface area (Å²) >= 11 is 0. The van der Waals surface area contributed by atoms with E-state index in [1.165, 1.54) is 12.1 Å². The highest BCUT2D eigenvalue weighted by Gasteiger charge is 2.26. The molecule has 1 aromatic carbocycles. The summed E-state index contributed by atoms with van der Waals surface area (Å²) in [6, 6.07) is 4.75. The third kappa shape index (κ3) is 3.13. The SMILES string of the molecule is CN([N+](=O)[O-])S(=O)(=O)Cc1ccc([N+](=O)[O-])cc1. The predicted molar refractivity (Wildman–Crippen MR) is 60.5 cm³/mol. The van der Waals surface area contributed by atoms with Crippen molar-refractivity contribution in [1.82, 2.24) is 4.41 Å². The van der Waals surface area contributed by atoms with Crippen LogP contribution in [0.1, 0.15) is 5.56 Å². The lowest BCUT2D eigenvalue weighted by atomic mass is 10.2. The van der Waals surface area contributed by atoms with E-state index < -0.39 is 25.7 Å². The standard InChI is InChI=1S/C8H9N3O6S/c1-9(11(14)15)18(16,17)6-7-2-4-8(5-3-7)10(12)13/h2-5H,6H2,1H3. The molecule has 9 nitrogen and oxygen atoms in total. The summed E-state index contributed by atoms with van der Waals surface area (Å²) in [4.78, 5) is 20.1. The summed E-state index contributed by atoms with van der Waals surface area (Å²) in [6.07, 6.45) is 0. The number of nitrogens with zero attached hydrogens (tertiary/aromatic N) is 3. The van der Waals surface area contributed by atoms with Gasteiger partial charge < -0.3 is 0 Å². The highest BCUT2D eigenvalue weighted by molar-refractivity contribution is 7.88. The Kier molecular flexibility index (Phi) is 3.81. The second-order valence-electron chi connectivity index (χ2n) is 3.35. The van der Waals surface area contributed by atoms with Crippen LogP contribution in [0, 0.1) is 20.2 Å². The maximum atomic E-state index is 11.5. The van der Waals surface area contributed by atoms with Gasteiger partial charge in [0.15, 0.2) is 5.03 Å². The van der Waals surface area contributed by atoms with Crippen molar-refractivity contribution in [2.45, 2.75) is 5.75 Å². The van der Waals surface area contributed by atoms with Gasteiger partial charge in [0.05, 0.1) is 17.7 Å². The van der Waals surface area contributed by atoms with Crippen molar-refractivity contribution in [1.29, 1.82) is 0 Å². The molecule has 18 heavy (non-hydrogen) atoms. The quantitative estimate of drug-likeness (QED) is 0.570. The highest BCUT2D eigenvalue weighted by Crippen LogP contribution is 2.15. The van der Waals surface area contributed by atoms with Crippen LogP contribution in [0.25, 0.3) is 0 Å². The molecule has 0 aliphatic rings. The third-order valence-corrected chi connectivity index (χ3v) is 3.77. The van der Waals surface area contributed by atoms with E-state index in [-0.39, 0.29) is 15.7 Å². The fraction of sp³-hybridized carbons (Fsp3) is 0.250. The van der Waals surface area contributed by atoms with Crippen LogP contribution in [0.15, 0.2) is 24.3 Å². The molecule has 0 aliphatic carbocycles. The number of nitro benzene ring substituents is 1. The molecule has 0 N–H and O–H groups in total. The Balaban J connectivity index is 2.92. The van der Waals surface area contributed by atoms with Gasteiger partial charge in [-0.2, -0.15) is 0 Å². The molecule has 0 unspecified atom stereocenters. The predicted octanol–water partition coefficient (Wildman–Crippen LogP) is 0.548. The van der Waals surface area contributed by atoms with E-state index in [9.17, 15) is 28.6 Å². The van der Waals surface area contributed by atoms with E-state index in [4.69, 9.17) is 0 Å². The van der Waals surface area contributed by atoms with Crippen molar-refractivity contribution >= 4 is 15.7 Å². The Bertz CT molecular complexity index is 567. The van der Waals surface area contributed by atoms with E-state index in [0.29, 0.717) is 0 Å². The first-order chi connectivity index (χ1) is 8.24. The summed E-state index contributed by atoms with van der Waals surface area (Å²) in [6.45, 7) is 0. The molecule has 0 aliphatic heterocycles. The number of nitro groups is 2. The van der Waals surface area contributed by atoms with Crippen molar-refractivity contribution in [3.63, 3.8) is 0 Å². The van der Waals surface area contributed by atoms with E-state index in [0.717, 1.165) is 19.2 Å². The van der Waals surface area contributed by atoms with Gasteiger partial charge in [-0.15, -0.1) is 0 Å². The summed E-state index contributed by atoms with van der Waals surface area (Å²) in [7, 11) is -3.26. The Morgan fingerprint density at radius 3 is 2.06 bits per heavy atom. The molecular formula is C8H9N3O6S. The second kappa shape index (κ2) is 4.96. The van der Waals surface area contributed by atoms with Gasteiger partial charge in [0.1, 0.15) is 0 Å². The largest absolute Gasteiger partial charge is 0.288 e. The van der Waals surface area contributed by atoms with Crippen LogP contribution in [0.2, 0.25) is 0 Å². The van der Waals surface area contributed by atoms with E-state index >= 15 is 0 Å². The van der Waals surface area contributed by atoms with Crippen LogP contribution in [-0.2, 0) is 15.8 Å². The number of benzene rings is 1. The van der Waals surface area contributed by atoms with Crippen LogP contribution < -0.4 is 0 Å². The molecule has 0 fully saturated rings. The van der Waals surface area contributed by atoms with Crippen LogP contribution >= 0.6 is 0 Å². The number of hydrogen-bond acceptors (Lipinski definition) is 6. The zero-order valence-corrected chi connectivity index (χ0v) is 10.0. The monoisotopic (exact) mass is 275 g/mol. The number of hydrogen-bond donors (Lipinski definition) is 0. The minimum absolute atomic E-state index is 0.00835. The Hall–Kier alpha value is -2.23. The maximum Gasteiger partial charge on any atom is 0.288 e. The molecule has 0 atom stereocenters. The zero-order valence-electron chi connectivity index (χ0n) is 9.22. The molecule has 0 saturated heterocycles. The Labute approximate surface area is 102 Å². The number of rotatable bonds is 5. The summed E-state index contributed by atoms with van der Waals surface area (Å²) in [5, 5.41) is 19.7. The summed E-state index contributed by atoms with van der Waals surface area (Å²) in [5.74, 6) is -0.595. The van der Waals surface area contributed by atoms with Crippen LogP contribution in [0.3, 0.4) is 0 Å². The van der Waals surface area contributed by atoms with Gasteiger partial charge in [-0.1, -0.05) is 12.1 Å². The van der Waals surface area contributed by atoms with Gasteiger partial charge in [-0.3, -0.25) is 10.1 Å². The van der Waals surface area contributed by atoms with Gasteiger partial charge in [-0.25, -0.2) is 18.5 Å². The van der Waals surface area contributed by atoms with E-state index in [1.807, 2.05) is 0 Å². The molecule has 0 aromatic heterocycles. The van der Waals surface area contributed by atoms with Crippen molar-refractivity contribution in [3.8, 4) is 0 Å². The van der Waals surface area contributed by atoms with Crippen molar-refractivity contribution in [2.24, 2.45) is 0 Å². The van der Waals surface area contributed by atoms with Gasteiger partial charge in [0.25, 0.3) is 15.7 Å². The van der Waals surface area contributed by atoms with Crippen molar-refractivity contribution in [2.75, 3.05) is 7.05 Å². The molecule has 1 rings (SSSR count). The van der Waals surface area contributed by atoms with Crippen LogP contribution in [0.5, 0.6) is 0 Å². The highest BCUT2D eigenvalue weighted by atomic mass is 32.2. The first-order valence-corrected chi connectivity index (χ1v) is 6.19. The fourth-order valence-corrected chi connectivity index (χ4v) is 2.12. The molecule has 10 heteroatoms.